The van der Waals surface area contributed by atoms with Crippen LogP contribution in [0.1, 0.15) is 5.56 Å². The van der Waals surface area contributed by atoms with Crippen molar-refractivity contribution in [2.45, 2.75) is 12.1 Å². The first-order valence-corrected chi connectivity index (χ1v) is 10.3. The third kappa shape index (κ3) is 3.45. The minimum Gasteiger partial charge on any atom is -0.497 e. The number of carbonyl (C=O) groups excluding carboxylic acids is 2. The van der Waals surface area contributed by atoms with E-state index in [0.717, 1.165) is 10.9 Å². The number of methoxy groups -OCH3 is 1. The lowest BCUT2D eigenvalue weighted by Crippen LogP contribution is -2.47. The van der Waals surface area contributed by atoms with Gasteiger partial charge in [-0.3, -0.25) is 10.1 Å². The maximum Gasteiger partial charge on any atom is 0.322 e. The van der Waals surface area contributed by atoms with Crippen molar-refractivity contribution in [3.8, 4) is 22.8 Å². The summed E-state index contributed by atoms with van der Waals surface area (Å²) in [7, 11) is 1.54. The van der Waals surface area contributed by atoms with Crippen molar-refractivity contribution in [1.29, 1.82) is 0 Å². The Labute approximate surface area is 188 Å². The SMILES string of the molecule is COc1ccc2cn(C[C@@]3(c4ccc(-c5cccc(F)c5)cc4)NC(=O)NC3=O)c(O)c2c1. The zero-order chi connectivity index (χ0) is 23.2. The van der Waals surface area contributed by atoms with Crippen molar-refractivity contribution in [1.82, 2.24) is 15.2 Å². The predicted octanol–water partition coefficient (Wildman–Crippen LogP) is 3.90. The number of ether oxygens (including phenoxy) is 1. The van der Waals surface area contributed by atoms with Gasteiger partial charge in [0.25, 0.3) is 5.91 Å². The van der Waals surface area contributed by atoms with Gasteiger partial charge in [0, 0.05) is 17.0 Å². The minimum atomic E-state index is -1.44. The van der Waals surface area contributed by atoms with E-state index in [1.165, 1.54) is 23.8 Å². The highest BCUT2D eigenvalue weighted by atomic mass is 19.1. The molecule has 3 aromatic carbocycles. The quantitative estimate of drug-likeness (QED) is 0.407. The second-order valence-electron chi connectivity index (χ2n) is 7.94. The van der Waals surface area contributed by atoms with Crippen LogP contribution in [0.4, 0.5) is 9.18 Å². The molecule has 4 aromatic rings. The second-order valence-corrected chi connectivity index (χ2v) is 7.94. The lowest BCUT2D eigenvalue weighted by Gasteiger charge is -2.27. The molecule has 2 heterocycles. The summed E-state index contributed by atoms with van der Waals surface area (Å²) < 4.78 is 20.4. The maximum absolute atomic E-state index is 13.6. The Balaban J connectivity index is 1.56. The van der Waals surface area contributed by atoms with E-state index in [0.29, 0.717) is 22.3 Å². The van der Waals surface area contributed by atoms with Crippen LogP contribution in [0.3, 0.4) is 0 Å². The molecular weight excluding hydrogens is 425 g/mol. The van der Waals surface area contributed by atoms with Gasteiger partial charge >= 0.3 is 6.03 Å². The van der Waals surface area contributed by atoms with Gasteiger partial charge in [-0.25, -0.2) is 9.18 Å². The van der Waals surface area contributed by atoms with E-state index < -0.39 is 17.5 Å². The maximum atomic E-state index is 13.6. The minimum absolute atomic E-state index is 0.0350. The summed E-state index contributed by atoms with van der Waals surface area (Å²) in [6, 6.07) is 17.8. The number of rotatable bonds is 5. The van der Waals surface area contributed by atoms with E-state index in [1.54, 1.807) is 60.8 Å². The topological polar surface area (TPSA) is 92.6 Å². The van der Waals surface area contributed by atoms with E-state index >= 15 is 0 Å². The van der Waals surface area contributed by atoms with Crippen molar-refractivity contribution in [2.75, 3.05) is 7.11 Å². The van der Waals surface area contributed by atoms with E-state index in [1.807, 2.05) is 0 Å². The first kappa shape index (κ1) is 20.6. The summed E-state index contributed by atoms with van der Waals surface area (Å²) >= 11 is 0. The number of hydrogen-bond donors (Lipinski definition) is 3. The van der Waals surface area contributed by atoms with Crippen LogP contribution in [-0.4, -0.2) is 28.7 Å². The summed E-state index contributed by atoms with van der Waals surface area (Å²) in [6.45, 7) is -0.0350. The lowest BCUT2D eigenvalue weighted by atomic mass is 9.88. The summed E-state index contributed by atoms with van der Waals surface area (Å²) in [6.07, 6.45) is 1.71. The predicted molar refractivity (Wildman–Crippen MR) is 120 cm³/mol. The van der Waals surface area contributed by atoms with E-state index in [2.05, 4.69) is 10.6 Å². The number of benzene rings is 3. The Kier molecular flexibility index (Phi) is 4.78. The fourth-order valence-corrected chi connectivity index (χ4v) is 4.24. The number of urea groups is 1. The molecule has 7 nitrogen and oxygen atoms in total. The zero-order valence-electron chi connectivity index (χ0n) is 17.6. The Morgan fingerprint density at radius 3 is 2.48 bits per heavy atom. The van der Waals surface area contributed by atoms with Gasteiger partial charge in [0.05, 0.1) is 13.7 Å². The van der Waals surface area contributed by atoms with Crippen LogP contribution in [0, 0.1) is 5.82 Å². The van der Waals surface area contributed by atoms with Crippen molar-refractivity contribution in [3.05, 3.63) is 84.3 Å². The number of halogens is 1. The van der Waals surface area contributed by atoms with E-state index in [-0.39, 0.29) is 18.2 Å². The molecule has 1 atom stereocenters. The first-order valence-electron chi connectivity index (χ1n) is 10.3. The molecule has 3 N–H and O–H groups in total. The Morgan fingerprint density at radius 1 is 1.03 bits per heavy atom. The average molecular weight is 445 g/mol. The van der Waals surface area contributed by atoms with Crippen LogP contribution < -0.4 is 15.4 Å². The Morgan fingerprint density at radius 2 is 1.82 bits per heavy atom. The molecule has 5 rings (SSSR count). The molecule has 3 amide bonds. The molecule has 1 aromatic heterocycles. The van der Waals surface area contributed by atoms with Crippen LogP contribution in [0.5, 0.6) is 11.6 Å². The van der Waals surface area contributed by atoms with Crippen LogP contribution in [-0.2, 0) is 16.9 Å². The Hall–Kier alpha value is -4.33. The summed E-state index contributed by atoms with van der Waals surface area (Å²) in [5.41, 5.74) is 0.549. The molecule has 0 unspecified atom stereocenters. The van der Waals surface area contributed by atoms with Crippen LogP contribution >= 0.6 is 0 Å². The van der Waals surface area contributed by atoms with Gasteiger partial charge < -0.3 is 19.7 Å². The molecule has 33 heavy (non-hydrogen) atoms. The average Bonchev–Trinajstić information content (AvgIpc) is 3.28. The number of amides is 3. The number of carbonyl (C=O) groups is 2. The molecule has 166 valence electrons. The standard InChI is InChI=1S/C25H20FN3O4/c1-33-20-10-7-17-13-29(22(30)21(17)12-20)14-25(23(31)27-24(32)28-25)18-8-5-15(6-9-18)16-3-2-4-19(26)11-16/h2-13,30H,14H2,1H3,(H2,27,28,31,32)/t25-/m0/s1. The molecule has 8 heteroatoms. The summed E-state index contributed by atoms with van der Waals surface area (Å²) in [5.74, 6) is -0.332. The van der Waals surface area contributed by atoms with Gasteiger partial charge in [0.1, 0.15) is 11.6 Å². The molecule has 0 saturated carbocycles. The van der Waals surface area contributed by atoms with Gasteiger partial charge in [-0.2, -0.15) is 0 Å². The van der Waals surface area contributed by atoms with Crippen molar-refractivity contribution < 1.29 is 23.8 Å². The highest BCUT2D eigenvalue weighted by molar-refractivity contribution is 6.07. The largest absolute Gasteiger partial charge is 0.497 e. The van der Waals surface area contributed by atoms with Gasteiger partial charge in [-0.05, 0) is 47.0 Å². The number of imide groups is 1. The lowest BCUT2D eigenvalue weighted by molar-refractivity contribution is -0.124. The third-order valence-electron chi connectivity index (χ3n) is 5.95. The first-order chi connectivity index (χ1) is 15.9. The molecule has 1 aliphatic rings. The zero-order valence-corrected chi connectivity index (χ0v) is 17.6. The highest BCUT2D eigenvalue weighted by Crippen LogP contribution is 2.35. The monoisotopic (exact) mass is 445 g/mol. The smallest absolute Gasteiger partial charge is 0.322 e. The van der Waals surface area contributed by atoms with E-state index in [9.17, 15) is 19.1 Å². The summed E-state index contributed by atoms with van der Waals surface area (Å²) in [4.78, 5) is 25.1. The molecule has 0 aliphatic carbocycles. The van der Waals surface area contributed by atoms with Crippen LogP contribution in [0.15, 0.2) is 72.9 Å². The van der Waals surface area contributed by atoms with E-state index in [4.69, 9.17) is 4.74 Å². The molecule has 1 fully saturated rings. The van der Waals surface area contributed by atoms with Gasteiger partial charge in [0.15, 0.2) is 11.4 Å². The van der Waals surface area contributed by atoms with Gasteiger partial charge in [0.2, 0.25) is 0 Å². The van der Waals surface area contributed by atoms with Crippen LogP contribution in [0.25, 0.3) is 21.9 Å². The molecule has 0 spiro atoms. The fourth-order valence-electron chi connectivity index (χ4n) is 4.24. The molecule has 1 aliphatic heterocycles. The number of hydrogen-bond acceptors (Lipinski definition) is 4. The summed E-state index contributed by atoms with van der Waals surface area (Å²) in [5, 5.41) is 17.2. The van der Waals surface area contributed by atoms with Gasteiger partial charge in [-0.1, -0.05) is 36.4 Å². The second kappa shape index (κ2) is 7.67. The van der Waals surface area contributed by atoms with Crippen molar-refractivity contribution in [2.24, 2.45) is 0 Å². The number of aromatic hydroxyl groups is 1. The number of fused-ring (bicyclic) bond motifs is 1. The third-order valence-corrected chi connectivity index (χ3v) is 5.95. The number of nitrogens with one attached hydrogen (secondary N) is 2. The fraction of sp³-hybridized carbons (Fsp3) is 0.120. The van der Waals surface area contributed by atoms with Gasteiger partial charge in [-0.15, -0.1) is 0 Å². The molecule has 0 radical (unpaired) electrons. The normalized spacial score (nSPS) is 17.8. The molecule has 0 bridgehead atoms. The van der Waals surface area contributed by atoms with Crippen molar-refractivity contribution >= 4 is 22.7 Å². The Bertz CT molecular complexity index is 1400. The van der Waals surface area contributed by atoms with Crippen molar-refractivity contribution in [3.63, 3.8) is 0 Å². The van der Waals surface area contributed by atoms with Crippen LogP contribution in [0.2, 0.25) is 0 Å². The molecular formula is C25H20FN3O4. The number of aromatic nitrogens is 1. The molecule has 1 saturated heterocycles. The highest BCUT2D eigenvalue weighted by Gasteiger charge is 2.48. The number of nitrogens with zero attached hydrogens (tertiary/aromatic N) is 1.